The van der Waals surface area contributed by atoms with Gasteiger partial charge in [-0.1, -0.05) is 0 Å². The number of nitrogens with one attached hydrogen (secondary N) is 1. The highest BCUT2D eigenvalue weighted by atomic mass is 16.5. The van der Waals surface area contributed by atoms with Gasteiger partial charge in [0.05, 0.1) is 12.2 Å². The third kappa shape index (κ3) is 2.16. The van der Waals surface area contributed by atoms with Gasteiger partial charge in [0.2, 0.25) is 0 Å². The summed E-state index contributed by atoms with van der Waals surface area (Å²) in [5.74, 6) is 0.0692. The van der Waals surface area contributed by atoms with E-state index in [0.717, 1.165) is 31.4 Å². The van der Waals surface area contributed by atoms with Gasteiger partial charge in [-0.25, -0.2) is 0 Å². The monoisotopic (exact) mass is 263 g/mol. The Morgan fingerprint density at radius 1 is 1.47 bits per heavy atom. The van der Waals surface area contributed by atoms with Gasteiger partial charge in [-0.15, -0.1) is 0 Å². The number of H-pyrrole nitrogens is 1. The molecule has 104 valence electrons. The zero-order chi connectivity index (χ0) is 13.5. The van der Waals surface area contributed by atoms with Crippen molar-refractivity contribution in [3.05, 3.63) is 17.0 Å². The molecule has 1 N–H and O–H groups in total. The number of amides is 1. The molecule has 1 aliphatic heterocycles. The maximum absolute atomic E-state index is 12.5. The fourth-order valence-corrected chi connectivity index (χ4v) is 3.17. The van der Waals surface area contributed by atoms with E-state index in [0.29, 0.717) is 13.2 Å². The highest BCUT2D eigenvalue weighted by Gasteiger charge is 2.39. The fraction of sp³-hybridized carbons (Fsp3) is 0.714. The number of carbonyl (C=O) groups excluding carboxylic acids is 1. The first kappa shape index (κ1) is 12.7. The molecule has 1 saturated heterocycles. The molecule has 5 nitrogen and oxygen atoms in total. The van der Waals surface area contributed by atoms with E-state index in [9.17, 15) is 4.79 Å². The predicted molar refractivity (Wildman–Crippen MR) is 70.7 cm³/mol. The molecule has 0 spiro atoms. The molecular formula is C14H21N3O2. The van der Waals surface area contributed by atoms with Crippen LogP contribution in [0.2, 0.25) is 0 Å². The fourth-order valence-electron chi connectivity index (χ4n) is 3.17. The number of hydrogen-bond acceptors (Lipinski definition) is 3. The number of fused-ring (bicyclic) bond motifs is 1. The minimum absolute atomic E-state index is 0.0692. The molecule has 0 saturated carbocycles. The van der Waals surface area contributed by atoms with Crippen molar-refractivity contribution in [2.45, 2.75) is 51.2 Å². The van der Waals surface area contributed by atoms with Gasteiger partial charge >= 0.3 is 0 Å². The molecule has 5 heteroatoms. The molecule has 1 amide bonds. The lowest BCUT2D eigenvalue weighted by atomic mass is 10.0. The number of aryl methyl sites for hydroxylation is 1. The summed E-state index contributed by atoms with van der Waals surface area (Å²) in [5, 5.41) is 7.44. The first-order chi connectivity index (χ1) is 9.10. The lowest BCUT2D eigenvalue weighted by molar-refractivity contribution is -0.150. The SMILES string of the molecule is CN(Cc1n[nH]c2c1CCC2)C(=O)C1(C)CCCO1. The minimum atomic E-state index is -0.631. The Bertz CT molecular complexity index is 489. The summed E-state index contributed by atoms with van der Waals surface area (Å²) in [7, 11) is 1.84. The van der Waals surface area contributed by atoms with Gasteiger partial charge in [0, 0.05) is 19.3 Å². The smallest absolute Gasteiger partial charge is 0.254 e. The van der Waals surface area contributed by atoms with Gasteiger partial charge in [0.1, 0.15) is 5.60 Å². The molecule has 1 unspecified atom stereocenters. The number of aromatic nitrogens is 2. The lowest BCUT2D eigenvalue weighted by Crippen LogP contribution is -2.44. The summed E-state index contributed by atoms with van der Waals surface area (Å²) in [5.41, 5.74) is 2.95. The summed E-state index contributed by atoms with van der Waals surface area (Å²) in [4.78, 5) is 14.2. The summed E-state index contributed by atoms with van der Waals surface area (Å²) in [6.45, 7) is 3.16. The Morgan fingerprint density at radius 2 is 2.32 bits per heavy atom. The summed E-state index contributed by atoms with van der Waals surface area (Å²) < 4.78 is 5.62. The molecule has 1 atom stereocenters. The van der Waals surface area contributed by atoms with Crippen molar-refractivity contribution in [2.75, 3.05) is 13.7 Å². The number of rotatable bonds is 3. The minimum Gasteiger partial charge on any atom is -0.365 e. The summed E-state index contributed by atoms with van der Waals surface area (Å²) >= 11 is 0. The lowest BCUT2D eigenvalue weighted by Gasteiger charge is -2.28. The molecule has 0 bridgehead atoms. The van der Waals surface area contributed by atoms with Crippen molar-refractivity contribution in [3.63, 3.8) is 0 Å². The van der Waals surface area contributed by atoms with Crippen molar-refractivity contribution in [2.24, 2.45) is 0 Å². The molecule has 19 heavy (non-hydrogen) atoms. The van der Waals surface area contributed by atoms with Crippen LogP contribution in [0.15, 0.2) is 0 Å². The van der Waals surface area contributed by atoms with Crippen LogP contribution < -0.4 is 0 Å². The van der Waals surface area contributed by atoms with Gasteiger partial charge in [0.15, 0.2) is 0 Å². The van der Waals surface area contributed by atoms with E-state index in [4.69, 9.17) is 4.74 Å². The van der Waals surface area contributed by atoms with Crippen LogP contribution in [-0.2, 0) is 28.9 Å². The average molecular weight is 263 g/mol. The van der Waals surface area contributed by atoms with Gasteiger partial charge in [-0.2, -0.15) is 5.10 Å². The van der Waals surface area contributed by atoms with Crippen molar-refractivity contribution in [1.29, 1.82) is 0 Å². The Morgan fingerprint density at radius 3 is 3.05 bits per heavy atom. The van der Waals surface area contributed by atoms with E-state index in [1.54, 1.807) is 4.90 Å². The van der Waals surface area contributed by atoms with Gasteiger partial charge in [0.25, 0.3) is 5.91 Å². The van der Waals surface area contributed by atoms with E-state index in [1.165, 1.54) is 17.7 Å². The van der Waals surface area contributed by atoms with Gasteiger partial charge in [-0.3, -0.25) is 9.89 Å². The van der Waals surface area contributed by atoms with Crippen LogP contribution in [0.3, 0.4) is 0 Å². The van der Waals surface area contributed by atoms with E-state index in [2.05, 4.69) is 10.2 Å². The number of likely N-dealkylation sites (N-methyl/N-ethyl adjacent to an activating group) is 1. The predicted octanol–water partition coefficient (Wildman–Crippen LogP) is 1.43. The van der Waals surface area contributed by atoms with Crippen molar-refractivity contribution < 1.29 is 9.53 Å². The molecule has 1 aromatic heterocycles. The van der Waals surface area contributed by atoms with Crippen molar-refractivity contribution in [1.82, 2.24) is 15.1 Å². The Balaban J connectivity index is 1.70. The number of carbonyl (C=O) groups is 1. The van der Waals surface area contributed by atoms with Gasteiger partial charge < -0.3 is 9.64 Å². The Hall–Kier alpha value is -1.36. The maximum atomic E-state index is 12.5. The van der Waals surface area contributed by atoms with Gasteiger partial charge in [-0.05, 0) is 44.6 Å². The average Bonchev–Trinajstić information content (AvgIpc) is 3.07. The molecule has 2 aliphatic rings. The normalized spacial score (nSPS) is 25.6. The van der Waals surface area contributed by atoms with Crippen LogP contribution in [0.25, 0.3) is 0 Å². The zero-order valence-electron chi connectivity index (χ0n) is 11.7. The summed E-state index contributed by atoms with van der Waals surface area (Å²) in [6.07, 6.45) is 5.13. The standard InChI is InChI=1S/C14H21N3O2/c1-14(7-4-8-19-14)13(18)17(2)9-12-10-5-3-6-11(10)15-16-12/h3-9H2,1-2H3,(H,15,16). The molecule has 2 heterocycles. The Labute approximate surface area is 113 Å². The maximum Gasteiger partial charge on any atom is 0.254 e. The molecule has 1 aromatic rings. The zero-order valence-corrected chi connectivity index (χ0v) is 11.7. The number of nitrogens with zero attached hydrogens (tertiary/aromatic N) is 2. The topological polar surface area (TPSA) is 58.2 Å². The second-order valence-corrected chi connectivity index (χ2v) is 5.83. The first-order valence-electron chi connectivity index (χ1n) is 7.05. The number of ether oxygens (including phenoxy) is 1. The van der Waals surface area contributed by atoms with E-state index in [1.807, 2.05) is 14.0 Å². The molecule has 0 radical (unpaired) electrons. The van der Waals surface area contributed by atoms with Crippen molar-refractivity contribution >= 4 is 5.91 Å². The van der Waals surface area contributed by atoms with Crippen LogP contribution in [0.1, 0.15) is 43.1 Å². The van der Waals surface area contributed by atoms with E-state index in [-0.39, 0.29) is 5.91 Å². The van der Waals surface area contributed by atoms with E-state index >= 15 is 0 Å². The number of aromatic amines is 1. The summed E-state index contributed by atoms with van der Waals surface area (Å²) in [6, 6.07) is 0. The Kier molecular flexibility index (Phi) is 3.09. The molecule has 0 aromatic carbocycles. The third-order valence-electron chi connectivity index (χ3n) is 4.30. The highest BCUT2D eigenvalue weighted by molar-refractivity contribution is 5.84. The van der Waals surface area contributed by atoms with Crippen LogP contribution in [0.4, 0.5) is 0 Å². The van der Waals surface area contributed by atoms with Crippen LogP contribution in [-0.4, -0.2) is 40.3 Å². The molecule has 1 fully saturated rings. The largest absolute Gasteiger partial charge is 0.365 e. The van der Waals surface area contributed by atoms with Crippen LogP contribution in [0, 0.1) is 0 Å². The van der Waals surface area contributed by atoms with Crippen LogP contribution in [0.5, 0.6) is 0 Å². The van der Waals surface area contributed by atoms with Crippen molar-refractivity contribution in [3.8, 4) is 0 Å². The molecule has 3 rings (SSSR count). The molecule has 1 aliphatic carbocycles. The van der Waals surface area contributed by atoms with Crippen LogP contribution >= 0.6 is 0 Å². The molecular weight excluding hydrogens is 242 g/mol. The number of hydrogen-bond donors (Lipinski definition) is 1. The van der Waals surface area contributed by atoms with E-state index < -0.39 is 5.60 Å². The first-order valence-corrected chi connectivity index (χ1v) is 7.05. The quantitative estimate of drug-likeness (QED) is 0.897. The second-order valence-electron chi connectivity index (χ2n) is 5.83. The highest BCUT2D eigenvalue weighted by Crippen LogP contribution is 2.28. The second kappa shape index (κ2) is 4.63. The third-order valence-corrected chi connectivity index (χ3v) is 4.30.